The number of pyridine rings is 1. The topological polar surface area (TPSA) is 152 Å². The molecule has 0 bridgehead atoms. The predicted octanol–water partition coefficient (Wildman–Crippen LogP) is 4.01. The van der Waals surface area contributed by atoms with E-state index in [2.05, 4.69) is 35.9 Å². The van der Waals surface area contributed by atoms with E-state index in [1.165, 1.54) is 46.2 Å². The quantitative estimate of drug-likeness (QED) is 0.304. The maximum absolute atomic E-state index is 13.2. The average Bonchev–Trinajstić information content (AvgIpc) is 3.62. The highest BCUT2D eigenvalue weighted by Gasteiger charge is 2.40. The summed E-state index contributed by atoms with van der Waals surface area (Å²) in [7, 11) is 0. The zero-order valence-electron chi connectivity index (χ0n) is 19.9. The van der Waals surface area contributed by atoms with E-state index in [-0.39, 0.29) is 21.7 Å². The van der Waals surface area contributed by atoms with Crippen molar-refractivity contribution in [3.63, 3.8) is 0 Å². The van der Waals surface area contributed by atoms with E-state index in [9.17, 15) is 14.4 Å². The lowest BCUT2D eigenvalue weighted by atomic mass is 10.1. The monoisotopic (exact) mass is 562 g/mol. The van der Waals surface area contributed by atoms with Gasteiger partial charge in [-0.3, -0.25) is 14.5 Å². The largest absolute Gasteiger partial charge is 0.323 e. The Morgan fingerprint density at radius 3 is 2.31 bits per heavy atom. The number of carbonyl (C=O) groups is 3. The molecule has 0 aliphatic carbocycles. The van der Waals surface area contributed by atoms with Crippen molar-refractivity contribution in [3.05, 3.63) is 88.2 Å². The van der Waals surface area contributed by atoms with Crippen LogP contribution < -0.4 is 10.6 Å². The zero-order valence-corrected chi connectivity index (χ0v) is 21.4. The third-order valence-corrected chi connectivity index (χ3v) is 6.50. The molecule has 0 radical (unpaired) electrons. The number of fused-ring (bicyclic) bond motifs is 2. The summed E-state index contributed by atoms with van der Waals surface area (Å²) in [5.74, 6) is -0.640. The molecule has 1 aliphatic heterocycles. The molecule has 13 nitrogen and oxygen atoms in total. The number of nitrogens with one attached hydrogen (secondary N) is 2. The summed E-state index contributed by atoms with van der Waals surface area (Å²) in [6.07, 6.45) is 5.75. The molecule has 4 aromatic heterocycles. The molecule has 0 saturated carbocycles. The summed E-state index contributed by atoms with van der Waals surface area (Å²) in [6, 6.07) is 8.05. The van der Waals surface area contributed by atoms with Gasteiger partial charge in [0.15, 0.2) is 16.6 Å². The molecule has 5 heterocycles. The van der Waals surface area contributed by atoms with Crippen molar-refractivity contribution < 1.29 is 14.4 Å². The Morgan fingerprint density at radius 1 is 0.949 bits per heavy atom. The van der Waals surface area contributed by atoms with Crippen molar-refractivity contribution >= 4 is 58.1 Å². The van der Waals surface area contributed by atoms with Crippen molar-refractivity contribution in [1.29, 1.82) is 0 Å². The Balaban J connectivity index is 1.31. The van der Waals surface area contributed by atoms with Gasteiger partial charge in [-0.2, -0.15) is 15.3 Å². The van der Waals surface area contributed by atoms with Gasteiger partial charge in [-0.1, -0.05) is 35.3 Å². The number of halogens is 2. The van der Waals surface area contributed by atoms with Gasteiger partial charge in [-0.05, 0) is 25.1 Å². The first kappa shape index (κ1) is 24.5. The molecule has 0 spiro atoms. The summed E-state index contributed by atoms with van der Waals surface area (Å²) in [6.45, 7) is 1.65. The van der Waals surface area contributed by atoms with E-state index in [0.717, 1.165) is 4.90 Å². The van der Waals surface area contributed by atoms with Crippen LogP contribution in [0.2, 0.25) is 10.2 Å². The second-order valence-electron chi connectivity index (χ2n) is 8.42. The van der Waals surface area contributed by atoms with Gasteiger partial charge in [0, 0.05) is 6.07 Å². The number of aromatic nitrogens is 7. The Morgan fingerprint density at radius 2 is 1.64 bits per heavy atom. The second-order valence-corrected chi connectivity index (χ2v) is 9.22. The van der Waals surface area contributed by atoms with Crippen LogP contribution in [0, 0.1) is 0 Å². The van der Waals surface area contributed by atoms with Crippen molar-refractivity contribution in [2.75, 3.05) is 10.6 Å². The number of amides is 4. The minimum Gasteiger partial charge on any atom is -0.306 e. The number of rotatable bonds is 5. The number of imide groups is 1. The van der Waals surface area contributed by atoms with Crippen LogP contribution in [0.1, 0.15) is 39.4 Å². The van der Waals surface area contributed by atoms with Crippen molar-refractivity contribution in [1.82, 2.24) is 39.5 Å². The lowest BCUT2D eigenvalue weighted by molar-refractivity contribution is 0.0591. The van der Waals surface area contributed by atoms with E-state index >= 15 is 0 Å². The smallest absolute Gasteiger partial charge is 0.306 e. The summed E-state index contributed by atoms with van der Waals surface area (Å²) in [4.78, 5) is 50.2. The Bertz CT molecular complexity index is 1750. The van der Waals surface area contributed by atoms with Crippen molar-refractivity contribution in [2.24, 2.45) is 0 Å². The fourth-order valence-corrected chi connectivity index (χ4v) is 4.77. The molecule has 2 N–H and O–H groups in total. The molecule has 194 valence electrons. The number of carbonyl (C=O) groups excluding carboxylic acids is 3. The van der Waals surface area contributed by atoms with Gasteiger partial charge in [-0.25, -0.2) is 19.3 Å². The minimum atomic E-state index is -0.855. The second kappa shape index (κ2) is 9.45. The van der Waals surface area contributed by atoms with Crippen LogP contribution in [0.3, 0.4) is 0 Å². The molecule has 1 unspecified atom stereocenters. The molecule has 1 aromatic carbocycles. The summed E-state index contributed by atoms with van der Waals surface area (Å²) in [5, 5.41) is 17.9. The highest BCUT2D eigenvalue weighted by atomic mass is 35.5. The highest BCUT2D eigenvalue weighted by Crippen LogP contribution is 2.34. The number of hydrogen-bond donors (Lipinski definition) is 2. The summed E-state index contributed by atoms with van der Waals surface area (Å²) >= 11 is 12.4. The number of nitrogens with zero attached hydrogens (tertiary/aromatic N) is 8. The first-order valence-electron chi connectivity index (χ1n) is 11.4. The van der Waals surface area contributed by atoms with Gasteiger partial charge in [-0.15, -0.1) is 4.80 Å². The lowest BCUT2D eigenvalue weighted by Crippen LogP contribution is -2.34. The van der Waals surface area contributed by atoms with Crippen LogP contribution in [0.25, 0.3) is 11.5 Å². The number of anilines is 2. The maximum Gasteiger partial charge on any atom is 0.323 e. The molecule has 1 atom stereocenters. The molecule has 4 amide bonds. The Kier molecular flexibility index (Phi) is 5.93. The van der Waals surface area contributed by atoms with Crippen LogP contribution in [0.5, 0.6) is 0 Å². The first-order valence-corrected chi connectivity index (χ1v) is 12.2. The number of benzene rings is 1. The predicted molar refractivity (Wildman–Crippen MR) is 140 cm³/mol. The third-order valence-electron chi connectivity index (χ3n) is 6.04. The van der Waals surface area contributed by atoms with E-state index in [4.69, 9.17) is 23.2 Å². The van der Waals surface area contributed by atoms with E-state index < -0.39 is 23.9 Å². The molecular weight excluding hydrogens is 547 g/mol. The van der Waals surface area contributed by atoms with E-state index in [1.807, 2.05) is 0 Å². The van der Waals surface area contributed by atoms with Crippen LogP contribution in [-0.2, 0) is 0 Å². The fourth-order valence-electron chi connectivity index (χ4n) is 4.36. The lowest BCUT2D eigenvalue weighted by Gasteiger charge is -2.25. The van der Waals surface area contributed by atoms with Crippen molar-refractivity contribution in [3.8, 4) is 5.82 Å². The SMILES string of the molecule is CC(c1c(NC(=O)Nc2cnc(-n3nccn3)c(Cl)c2)cnc2cc(Cl)nn12)N1C(=O)c2ccccc2C1=O. The molecule has 0 saturated heterocycles. The standard InChI is InChI=1S/C24H16Cl2N10O3/c1-12(34-22(37)14-4-2-3-5-15(14)23(34)38)20-17(11-27-19-9-18(26)33-35(19)20)32-24(39)31-13-8-16(25)21(28-10-13)36-29-6-7-30-36/h2-12H,1H3,(H2,31,32,39). The molecule has 1 aliphatic rings. The molecule has 5 aromatic rings. The molecular formula is C24H16Cl2N10O3. The normalized spacial score (nSPS) is 13.6. The van der Waals surface area contributed by atoms with Crippen LogP contribution in [-0.4, -0.2) is 57.3 Å². The van der Waals surface area contributed by atoms with Gasteiger partial charge >= 0.3 is 6.03 Å². The Labute approximate surface area is 229 Å². The van der Waals surface area contributed by atoms with Gasteiger partial charge in [0.2, 0.25) is 0 Å². The molecule has 6 rings (SSSR count). The van der Waals surface area contributed by atoms with Gasteiger partial charge in [0.1, 0.15) is 0 Å². The van der Waals surface area contributed by atoms with Gasteiger partial charge in [0.05, 0.1) is 64.0 Å². The molecule has 39 heavy (non-hydrogen) atoms. The summed E-state index contributed by atoms with van der Waals surface area (Å²) < 4.78 is 1.39. The van der Waals surface area contributed by atoms with Crippen LogP contribution >= 0.6 is 23.2 Å². The van der Waals surface area contributed by atoms with Gasteiger partial charge < -0.3 is 10.6 Å². The minimum absolute atomic E-state index is 0.146. The number of urea groups is 1. The van der Waals surface area contributed by atoms with E-state index in [0.29, 0.717) is 28.2 Å². The highest BCUT2D eigenvalue weighted by molar-refractivity contribution is 6.32. The first-order chi connectivity index (χ1) is 18.8. The third kappa shape index (κ3) is 4.23. The van der Waals surface area contributed by atoms with Gasteiger partial charge in [0.25, 0.3) is 11.8 Å². The maximum atomic E-state index is 13.2. The van der Waals surface area contributed by atoms with Crippen LogP contribution in [0.4, 0.5) is 16.2 Å². The van der Waals surface area contributed by atoms with E-state index in [1.54, 1.807) is 31.2 Å². The Hall–Kier alpha value is -4.88. The number of hydrogen-bond acceptors (Lipinski definition) is 8. The van der Waals surface area contributed by atoms with Crippen LogP contribution in [0.15, 0.2) is 61.2 Å². The fraction of sp³-hybridized carbons (Fsp3) is 0.0833. The van der Waals surface area contributed by atoms with Crippen molar-refractivity contribution in [2.45, 2.75) is 13.0 Å². The molecule has 0 fully saturated rings. The average molecular weight is 563 g/mol. The zero-order chi connectivity index (χ0) is 27.3. The summed E-state index contributed by atoms with van der Waals surface area (Å²) in [5.41, 5.74) is 1.75. The molecule has 15 heteroatoms.